The van der Waals surface area contributed by atoms with Crippen molar-refractivity contribution >= 4 is 5.69 Å². The molecule has 0 radical (unpaired) electrons. The average molecular weight is 270 g/mol. The van der Waals surface area contributed by atoms with Crippen molar-refractivity contribution < 1.29 is 4.74 Å². The molecule has 1 unspecified atom stereocenters. The van der Waals surface area contributed by atoms with Gasteiger partial charge in [-0.1, -0.05) is 42.0 Å². The molecule has 3 N–H and O–H groups in total. The molecule has 0 aromatic heterocycles. The second-order valence-electron chi connectivity index (χ2n) is 4.97. The minimum absolute atomic E-state index is 0.120. The number of ether oxygens (including phenoxy) is 1. The van der Waals surface area contributed by atoms with Crippen LogP contribution in [0.15, 0.2) is 48.5 Å². The molecule has 20 heavy (non-hydrogen) atoms. The monoisotopic (exact) mass is 270 g/mol. The van der Waals surface area contributed by atoms with Gasteiger partial charge in [0, 0.05) is 19.3 Å². The van der Waals surface area contributed by atoms with Crippen LogP contribution in [0.5, 0.6) is 0 Å². The number of benzene rings is 2. The van der Waals surface area contributed by atoms with Crippen LogP contribution in [-0.4, -0.2) is 13.7 Å². The van der Waals surface area contributed by atoms with Gasteiger partial charge in [0.15, 0.2) is 0 Å². The first-order valence-electron chi connectivity index (χ1n) is 6.84. The highest BCUT2D eigenvalue weighted by Crippen LogP contribution is 2.20. The van der Waals surface area contributed by atoms with Gasteiger partial charge in [0.05, 0.1) is 12.6 Å². The summed E-state index contributed by atoms with van der Waals surface area (Å²) in [5.41, 5.74) is 10.6. The minimum atomic E-state index is 0.120. The Morgan fingerprint density at radius 2 is 1.70 bits per heavy atom. The van der Waals surface area contributed by atoms with E-state index < -0.39 is 0 Å². The maximum Gasteiger partial charge on any atom is 0.0713 e. The molecule has 3 nitrogen and oxygen atoms in total. The van der Waals surface area contributed by atoms with Crippen molar-refractivity contribution in [2.45, 2.75) is 19.6 Å². The van der Waals surface area contributed by atoms with E-state index >= 15 is 0 Å². The number of nitrogens with two attached hydrogens (primary N) is 1. The SMILES string of the molecule is COCc1ccc(C(CN)Nc2ccc(C)cc2)cc1. The molecule has 0 saturated heterocycles. The Morgan fingerprint density at radius 3 is 2.25 bits per heavy atom. The minimum Gasteiger partial charge on any atom is -0.380 e. The highest BCUT2D eigenvalue weighted by molar-refractivity contribution is 5.47. The van der Waals surface area contributed by atoms with Gasteiger partial charge in [0.25, 0.3) is 0 Å². The van der Waals surface area contributed by atoms with E-state index in [-0.39, 0.29) is 6.04 Å². The topological polar surface area (TPSA) is 47.3 Å². The molecule has 2 aromatic rings. The summed E-state index contributed by atoms with van der Waals surface area (Å²) in [6.07, 6.45) is 0. The number of hydrogen-bond donors (Lipinski definition) is 2. The van der Waals surface area contributed by atoms with E-state index in [9.17, 15) is 0 Å². The molecule has 0 aliphatic carbocycles. The predicted octanol–water partition coefficient (Wildman–Crippen LogP) is 3.25. The molecule has 1 atom stereocenters. The lowest BCUT2D eigenvalue weighted by atomic mass is 10.0. The number of nitrogens with one attached hydrogen (secondary N) is 1. The summed E-state index contributed by atoms with van der Waals surface area (Å²) in [5.74, 6) is 0. The Kier molecular flexibility index (Phi) is 5.16. The Bertz CT molecular complexity index is 520. The van der Waals surface area contributed by atoms with Crippen molar-refractivity contribution in [3.05, 3.63) is 65.2 Å². The molecular weight excluding hydrogens is 248 g/mol. The highest BCUT2D eigenvalue weighted by Gasteiger charge is 2.09. The summed E-state index contributed by atoms with van der Waals surface area (Å²) in [6.45, 7) is 3.27. The summed E-state index contributed by atoms with van der Waals surface area (Å²) in [4.78, 5) is 0. The number of anilines is 1. The zero-order valence-corrected chi connectivity index (χ0v) is 12.1. The molecular formula is C17H22N2O. The molecule has 2 rings (SSSR count). The van der Waals surface area contributed by atoms with Crippen LogP contribution in [0.2, 0.25) is 0 Å². The van der Waals surface area contributed by atoms with Crippen molar-refractivity contribution in [1.29, 1.82) is 0 Å². The third-order valence-corrected chi connectivity index (χ3v) is 3.32. The molecule has 0 spiro atoms. The number of aryl methyl sites for hydroxylation is 1. The summed E-state index contributed by atoms with van der Waals surface area (Å²) in [7, 11) is 1.70. The second kappa shape index (κ2) is 7.08. The lowest BCUT2D eigenvalue weighted by Crippen LogP contribution is -2.20. The van der Waals surface area contributed by atoms with E-state index in [1.807, 2.05) is 0 Å². The molecule has 0 saturated carbocycles. The van der Waals surface area contributed by atoms with Crippen LogP contribution in [0.25, 0.3) is 0 Å². The van der Waals surface area contributed by atoms with E-state index in [1.54, 1.807) is 7.11 Å². The lowest BCUT2D eigenvalue weighted by Gasteiger charge is -2.19. The van der Waals surface area contributed by atoms with Gasteiger partial charge in [-0.3, -0.25) is 0 Å². The van der Waals surface area contributed by atoms with Crippen LogP contribution in [0.4, 0.5) is 5.69 Å². The van der Waals surface area contributed by atoms with Gasteiger partial charge in [-0.2, -0.15) is 0 Å². The van der Waals surface area contributed by atoms with Crippen LogP contribution in [0.3, 0.4) is 0 Å². The molecule has 2 aromatic carbocycles. The van der Waals surface area contributed by atoms with Crippen molar-refractivity contribution in [2.75, 3.05) is 19.0 Å². The lowest BCUT2D eigenvalue weighted by molar-refractivity contribution is 0.185. The first-order valence-corrected chi connectivity index (χ1v) is 6.84. The normalized spacial score (nSPS) is 12.2. The standard InChI is InChI=1S/C17H22N2O/c1-13-3-9-16(10-4-13)19-17(11-18)15-7-5-14(6-8-15)12-20-2/h3-10,17,19H,11-12,18H2,1-2H3. The molecule has 3 heteroatoms. The first-order chi connectivity index (χ1) is 9.72. The average Bonchev–Trinajstić information content (AvgIpc) is 2.48. The van der Waals surface area contributed by atoms with Crippen molar-refractivity contribution in [2.24, 2.45) is 5.73 Å². The predicted molar refractivity (Wildman–Crippen MR) is 83.8 cm³/mol. The van der Waals surface area contributed by atoms with Gasteiger partial charge in [-0.25, -0.2) is 0 Å². The van der Waals surface area contributed by atoms with Crippen LogP contribution >= 0.6 is 0 Å². The van der Waals surface area contributed by atoms with Gasteiger partial charge in [0.1, 0.15) is 0 Å². The molecule has 0 aliphatic rings. The van der Waals surface area contributed by atoms with Gasteiger partial charge >= 0.3 is 0 Å². The quantitative estimate of drug-likeness (QED) is 0.847. The third kappa shape index (κ3) is 3.83. The molecule has 106 valence electrons. The fourth-order valence-corrected chi connectivity index (χ4v) is 2.14. The smallest absolute Gasteiger partial charge is 0.0713 e. The zero-order valence-electron chi connectivity index (χ0n) is 12.1. The van der Waals surface area contributed by atoms with Crippen LogP contribution < -0.4 is 11.1 Å². The first kappa shape index (κ1) is 14.6. The Hall–Kier alpha value is -1.84. The highest BCUT2D eigenvalue weighted by atomic mass is 16.5. The number of hydrogen-bond acceptors (Lipinski definition) is 3. The summed E-state index contributed by atoms with van der Waals surface area (Å²) < 4.78 is 5.12. The molecule has 0 fully saturated rings. The maximum atomic E-state index is 5.89. The fourth-order valence-electron chi connectivity index (χ4n) is 2.14. The van der Waals surface area contributed by atoms with E-state index in [0.29, 0.717) is 13.2 Å². The van der Waals surface area contributed by atoms with E-state index in [1.165, 1.54) is 16.7 Å². The number of methoxy groups -OCH3 is 1. The van der Waals surface area contributed by atoms with Crippen LogP contribution in [0.1, 0.15) is 22.7 Å². The second-order valence-corrected chi connectivity index (χ2v) is 4.97. The fraction of sp³-hybridized carbons (Fsp3) is 0.294. The zero-order chi connectivity index (χ0) is 14.4. The van der Waals surface area contributed by atoms with E-state index in [4.69, 9.17) is 10.5 Å². The van der Waals surface area contributed by atoms with Gasteiger partial charge < -0.3 is 15.8 Å². The Morgan fingerprint density at radius 1 is 1.05 bits per heavy atom. The Balaban J connectivity index is 2.09. The van der Waals surface area contributed by atoms with Gasteiger partial charge in [0.2, 0.25) is 0 Å². The maximum absolute atomic E-state index is 5.89. The summed E-state index contributed by atoms with van der Waals surface area (Å²) in [5, 5.41) is 3.47. The van der Waals surface area contributed by atoms with Gasteiger partial charge in [-0.05, 0) is 30.2 Å². The van der Waals surface area contributed by atoms with E-state index in [2.05, 4.69) is 60.8 Å². The molecule has 0 bridgehead atoms. The van der Waals surface area contributed by atoms with Crippen LogP contribution in [0, 0.1) is 6.92 Å². The Labute approximate surface area is 120 Å². The summed E-state index contributed by atoms with van der Waals surface area (Å²) >= 11 is 0. The number of rotatable bonds is 6. The molecule has 0 aliphatic heterocycles. The van der Waals surface area contributed by atoms with Gasteiger partial charge in [-0.15, -0.1) is 0 Å². The molecule has 0 amide bonds. The third-order valence-electron chi connectivity index (χ3n) is 3.32. The van der Waals surface area contributed by atoms with Crippen molar-refractivity contribution in [1.82, 2.24) is 0 Å². The molecule has 0 heterocycles. The van der Waals surface area contributed by atoms with Crippen molar-refractivity contribution in [3.63, 3.8) is 0 Å². The largest absolute Gasteiger partial charge is 0.380 e. The van der Waals surface area contributed by atoms with E-state index in [0.717, 1.165) is 5.69 Å². The van der Waals surface area contributed by atoms with Crippen LogP contribution in [-0.2, 0) is 11.3 Å². The van der Waals surface area contributed by atoms with Crippen molar-refractivity contribution in [3.8, 4) is 0 Å². The summed E-state index contributed by atoms with van der Waals surface area (Å²) in [6, 6.07) is 16.8.